The fourth-order valence-corrected chi connectivity index (χ4v) is 3.02. The van der Waals surface area contributed by atoms with Crippen molar-refractivity contribution in [3.63, 3.8) is 0 Å². The van der Waals surface area contributed by atoms with E-state index in [4.69, 9.17) is 0 Å². The number of carbonyl (C=O) groups is 2. The maximum absolute atomic E-state index is 13.2. The number of aromatic nitrogens is 2. The largest absolute Gasteiger partial charge is 0.345 e. The Kier molecular flexibility index (Phi) is 5.41. The van der Waals surface area contributed by atoms with E-state index in [0.29, 0.717) is 21.9 Å². The molecule has 0 fully saturated rings. The minimum Gasteiger partial charge on any atom is -0.345 e. The van der Waals surface area contributed by atoms with Crippen LogP contribution in [0.4, 0.5) is 14.5 Å². The fourth-order valence-electron chi connectivity index (χ4n) is 2.34. The Morgan fingerprint density at radius 1 is 1.15 bits per heavy atom. The van der Waals surface area contributed by atoms with Crippen LogP contribution >= 0.6 is 11.8 Å². The van der Waals surface area contributed by atoms with Gasteiger partial charge in [-0.05, 0) is 24.3 Å². The van der Waals surface area contributed by atoms with Gasteiger partial charge >= 0.3 is 0 Å². The molecular weight excluding hydrogens is 374 g/mol. The number of H-pyrrole nitrogens is 1. The molecule has 1 heterocycles. The van der Waals surface area contributed by atoms with Crippen LogP contribution in [-0.4, -0.2) is 46.5 Å². The average molecular weight is 390 g/mol. The van der Waals surface area contributed by atoms with Crippen molar-refractivity contribution < 1.29 is 18.4 Å². The zero-order valence-electron chi connectivity index (χ0n) is 14.5. The summed E-state index contributed by atoms with van der Waals surface area (Å²) in [5.41, 5.74) is 1.73. The Hall–Kier alpha value is -2.94. The molecule has 6 nitrogen and oxygen atoms in total. The third-order valence-corrected chi connectivity index (χ3v) is 4.54. The first-order valence-corrected chi connectivity index (χ1v) is 8.91. The molecule has 0 aliphatic rings. The summed E-state index contributed by atoms with van der Waals surface area (Å²) in [6.07, 6.45) is 0. The second-order valence-electron chi connectivity index (χ2n) is 5.94. The van der Waals surface area contributed by atoms with Crippen molar-refractivity contribution in [3.05, 3.63) is 53.6 Å². The van der Waals surface area contributed by atoms with E-state index >= 15 is 0 Å². The molecule has 2 amide bonds. The maximum Gasteiger partial charge on any atom is 0.253 e. The number of thioether (sulfide) groups is 1. The van der Waals surface area contributed by atoms with Crippen LogP contribution in [0.3, 0.4) is 0 Å². The molecule has 0 saturated heterocycles. The molecule has 0 spiro atoms. The van der Waals surface area contributed by atoms with Crippen LogP contribution < -0.4 is 5.32 Å². The van der Waals surface area contributed by atoms with Crippen LogP contribution in [0.2, 0.25) is 0 Å². The molecule has 140 valence electrons. The summed E-state index contributed by atoms with van der Waals surface area (Å²) in [6, 6.07) is 8.58. The number of aromatic amines is 1. The lowest BCUT2D eigenvalue weighted by molar-refractivity contribution is -0.113. The van der Waals surface area contributed by atoms with Crippen molar-refractivity contribution in [2.24, 2.45) is 0 Å². The number of anilines is 1. The third kappa shape index (κ3) is 4.43. The fraction of sp³-hybridized carbons (Fsp3) is 0.167. The Bertz CT molecular complexity index is 964. The van der Waals surface area contributed by atoms with Crippen molar-refractivity contribution in [2.45, 2.75) is 5.16 Å². The zero-order chi connectivity index (χ0) is 19.6. The van der Waals surface area contributed by atoms with Gasteiger partial charge in [-0.1, -0.05) is 11.8 Å². The number of amides is 2. The van der Waals surface area contributed by atoms with E-state index < -0.39 is 11.6 Å². The number of hydrogen-bond acceptors (Lipinski definition) is 4. The molecule has 0 radical (unpaired) electrons. The van der Waals surface area contributed by atoms with E-state index in [1.54, 1.807) is 38.4 Å². The number of halogens is 2. The zero-order valence-corrected chi connectivity index (χ0v) is 15.4. The van der Waals surface area contributed by atoms with Gasteiger partial charge in [0, 0.05) is 37.5 Å². The van der Waals surface area contributed by atoms with Gasteiger partial charge in [0.15, 0.2) is 16.8 Å². The van der Waals surface area contributed by atoms with Gasteiger partial charge in [0.1, 0.15) is 0 Å². The summed E-state index contributed by atoms with van der Waals surface area (Å²) in [6.45, 7) is 0. The standard InChI is InChI=1S/C18H16F2N4O2S/c1-24(2)17(26)10-3-5-11(6-4-10)21-16(25)9-27-18-22-14-7-12(19)13(20)8-15(14)23-18/h3-8H,9H2,1-2H3,(H,21,25)(H,22,23). The normalized spacial score (nSPS) is 10.8. The van der Waals surface area contributed by atoms with Gasteiger partial charge in [0.05, 0.1) is 16.8 Å². The van der Waals surface area contributed by atoms with Gasteiger partial charge in [-0.2, -0.15) is 0 Å². The molecule has 1 aromatic heterocycles. The lowest BCUT2D eigenvalue weighted by atomic mass is 10.2. The van der Waals surface area contributed by atoms with Crippen LogP contribution in [0.1, 0.15) is 10.4 Å². The highest BCUT2D eigenvalue weighted by Crippen LogP contribution is 2.22. The summed E-state index contributed by atoms with van der Waals surface area (Å²) >= 11 is 1.11. The first kappa shape index (κ1) is 18.8. The predicted octanol–water partition coefficient (Wildman–Crippen LogP) is 3.27. The Morgan fingerprint density at radius 2 is 1.81 bits per heavy atom. The second kappa shape index (κ2) is 7.75. The summed E-state index contributed by atoms with van der Waals surface area (Å²) in [4.78, 5) is 32.3. The second-order valence-corrected chi connectivity index (χ2v) is 6.90. The first-order chi connectivity index (χ1) is 12.8. The van der Waals surface area contributed by atoms with E-state index in [9.17, 15) is 18.4 Å². The summed E-state index contributed by atoms with van der Waals surface area (Å²) in [7, 11) is 3.33. The van der Waals surface area contributed by atoms with Crippen molar-refractivity contribution in [1.29, 1.82) is 0 Å². The molecule has 0 atom stereocenters. The van der Waals surface area contributed by atoms with E-state index in [0.717, 1.165) is 23.9 Å². The number of rotatable bonds is 5. The summed E-state index contributed by atoms with van der Waals surface area (Å²) in [5.74, 6) is -2.27. The molecule has 2 N–H and O–H groups in total. The molecule has 2 aromatic carbocycles. The summed E-state index contributed by atoms with van der Waals surface area (Å²) in [5, 5.41) is 3.10. The van der Waals surface area contributed by atoms with E-state index in [1.165, 1.54) is 4.90 Å². The van der Waals surface area contributed by atoms with Crippen molar-refractivity contribution in [1.82, 2.24) is 14.9 Å². The molecule has 27 heavy (non-hydrogen) atoms. The number of nitrogens with zero attached hydrogens (tertiary/aromatic N) is 2. The predicted molar refractivity (Wildman–Crippen MR) is 99.8 cm³/mol. The molecule has 0 aliphatic heterocycles. The van der Waals surface area contributed by atoms with Gasteiger partial charge in [-0.15, -0.1) is 0 Å². The quantitative estimate of drug-likeness (QED) is 0.656. The maximum atomic E-state index is 13.2. The van der Waals surface area contributed by atoms with E-state index in [2.05, 4.69) is 15.3 Å². The molecule has 0 aliphatic carbocycles. The third-order valence-electron chi connectivity index (χ3n) is 3.66. The number of imidazole rings is 1. The number of carbonyl (C=O) groups excluding carboxylic acids is 2. The number of hydrogen-bond donors (Lipinski definition) is 2. The molecule has 0 saturated carbocycles. The van der Waals surface area contributed by atoms with Crippen LogP contribution in [0.25, 0.3) is 11.0 Å². The Balaban J connectivity index is 1.59. The lowest BCUT2D eigenvalue weighted by Crippen LogP contribution is -2.21. The van der Waals surface area contributed by atoms with Gasteiger partial charge < -0.3 is 15.2 Å². The van der Waals surface area contributed by atoms with Gasteiger partial charge in [-0.25, -0.2) is 13.8 Å². The van der Waals surface area contributed by atoms with Gasteiger partial charge in [0.25, 0.3) is 5.91 Å². The minimum atomic E-state index is -0.973. The Morgan fingerprint density at radius 3 is 2.48 bits per heavy atom. The van der Waals surface area contributed by atoms with Crippen molar-refractivity contribution in [3.8, 4) is 0 Å². The highest BCUT2D eigenvalue weighted by atomic mass is 32.2. The number of benzene rings is 2. The smallest absolute Gasteiger partial charge is 0.253 e. The minimum absolute atomic E-state index is 0.0587. The van der Waals surface area contributed by atoms with Crippen LogP contribution in [0, 0.1) is 11.6 Å². The first-order valence-electron chi connectivity index (χ1n) is 7.92. The molecule has 0 unspecified atom stereocenters. The number of nitrogens with one attached hydrogen (secondary N) is 2. The Labute approximate surface area is 158 Å². The van der Waals surface area contributed by atoms with E-state index in [-0.39, 0.29) is 23.1 Å². The van der Waals surface area contributed by atoms with Crippen LogP contribution in [-0.2, 0) is 4.79 Å². The van der Waals surface area contributed by atoms with Crippen LogP contribution in [0.5, 0.6) is 0 Å². The number of fused-ring (bicyclic) bond motifs is 1. The molecule has 3 rings (SSSR count). The highest BCUT2D eigenvalue weighted by molar-refractivity contribution is 7.99. The average Bonchev–Trinajstić information content (AvgIpc) is 3.02. The van der Waals surface area contributed by atoms with E-state index in [1.807, 2.05) is 0 Å². The van der Waals surface area contributed by atoms with Gasteiger partial charge in [-0.3, -0.25) is 9.59 Å². The highest BCUT2D eigenvalue weighted by Gasteiger charge is 2.11. The SMILES string of the molecule is CN(C)C(=O)c1ccc(NC(=O)CSc2nc3cc(F)c(F)cc3[nH]2)cc1. The topological polar surface area (TPSA) is 78.1 Å². The molecule has 9 heteroatoms. The monoisotopic (exact) mass is 390 g/mol. The molecular formula is C18H16F2N4O2S. The van der Waals surface area contributed by atoms with Gasteiger partial charge in [0.2, 0.25) is 5.91 Å². The molecule has 0 bridgehead atoms. The summed E-state index contributed by atoms with van der Waals surface area (Å²) < 4.78 is 26.4. The van der Waals surface area contributed by atoms with Crippen molar-refractivity contribution in [2.75, 3.05) is 25.2 Å². The van der Waals surface area contributed by atoms with Crippen LogP contribution in [0.15, 0.2) is 41.6 Å². The lowest BCUT2D eigenvalue weighted by Gasteiger charge is -2.10. The molecule has 3 aromatic rings. The van der Waals surface area contributed by atoms with Crippen molar-refractivity contribution >= 4 is 40.3 Å².